The molecule has 0 saturated carbocycles. The van der Waals surface area contributed by atoms with E-state index >= 15 is 0 Å². The minimum atomic E-state index is -0.00718. The number of nitrogens with one attached hydrogen (secondary N) is 2. The molecule has 0 aromatic heterocycles. The SMILES string of the molecule is Cc1ccc([C@H](NC(=S)Nc2ccc(Br)cc2)c2ccccc2)c(C)c1. The van der Waals surface area contributed by atoms with Gasteiger partial charge < -0.3 is 10.6 Å². The zero-order valence-electron chi connectivity index (χ0n) is 14.8. The van der Waals surface area contributed by atoms with Crippen molar-refractivity contribution in [3.05, 3.63) is 99.5 Å². The van der Waals surface area contributed by atoms with E-state index in [0.717, 1.165) is 10.2 Å². The molecule has 26 heavy (non-hydrogen) atoms. The van der Waals surface area contributed by atoms with Crippen LogP contribution in [0.15, 0.2) is 77.3 Å². The lowest BCUT2D eigenvalue weighted by molar-refractivity contribution is 0.762. The van der Waals surface area contributed by atoms with Gasteiger partial charge in [-0.05, 0) is 67.0 Å². The lowest BCUT2D eigenvalue weighted by Crippen LogP contribution is -2.33. The fraction of sp³-hybridized carbons (Fsp3) is 0.136. The van der Waals surface area contributed by atoms with Gasteiger partial charge in [-0.25, -0.2) is 0 Å². The van der Waals surface area contributed by atoms with Gasteiger partial charge in [0.2, 0.25) is 0 Å². The summed E-state index contributed by atoms with van der Waals surface area (Å²) >= 11 is 9.03. The fourth-order valence-corrected chi connectivity index (χ4v) is 3.47. The molecule has 0 bridgehead atoms. The second-order valence-electron chi connectivity index (χ2n) is 6.31. The second-order valence-corrected chi connectivity index (χ2v) is 7.63. The Hall–Kier alpha value is -2.17. The van der Waals surface area contributed by atoms with Gasteiger partial charge in [0.05, 0.1) is 6.04 Å². The molecular formula is C22H21BrN2S. The van der Waals surface area contributed by atoms with Crippen LogP contribution in [-0.2, 0) is 0 Å². The Labute approximate surface area is 168 Å². The first-order valence-corrected chi connectivity index (χ1v) is 9.68. The van der Waals surface area contributed by atoms with Crippen LogP contribution >= 0.6 is 28.1 Å². The first-order chi connectivity index (χ1) is 12.5. The molecule has 0 fully saturated rings. The normalized spacial score (nSPS) is 11.7. The third kappa shape index (κ3) is 4.71. The molecule has 132 valence electrons. The van der Waals surface area contributed by atoms with E-state index in [2.05, 4.69) is 82.9 Å². The van der Waals surface area contributed by atoms with Crippen LogP contribution in [0.5, 0.6) is 0 Å². The van der Waals surface area contributed by atoms with Gasteiger partial charge in [-0.3, -0.25) is 0 Å². The van der Waals surface area contributed by atoms with Crippen LogP contribution in [0, 0.1) is 13.8 Å². The fourth-order valence-electron chi connectivity index (χ4n) is 2.97. The summed E-state index contributed by atoms with van der Waals surface area (Å²) in [5.74, 6) is 0. The second kappa shape index (κ2) is 8.47. The summed E-state index contributed by atoms with van der Waals surface area (Å²) in [5, 5.41) is 7.35. The summed E-state index contributed by atoms with van der Waals surface area (Å²) in [7, 11) is 0. The van der Waals surface area contributed by atoms with E-state index in [0.29, 0.717) is 5.11 Å². The molecule has 3 aromatic carbocycles. The van der Waals surface area contributed by atoms with Gasteiger partial charge in [0, 0.05) is 10.2 Å². The van der Waals surface area contributed by atoms with Gasteiger partial charge in [-0.2, -0.15) is 0 Å². The van der Waals surface area contributed by atoms with Gasteiger partial charge in [-0.15, -0.1) is 0 Å². The molecule has 0 saturated heterocycles. The Bertz CT molecular complexity index is 892. The molecule has 0 heterocycles. The molecule has 0 spiro atoms. The highest BCUT2D eigenvalue weighted by molar-refractivity contribution is 9.10. The van der Waals surface area contributed by atoms with Crippen LogP contribution in [0.25, 0.3) is 0 Å². The Morgan fingerprint density at radius 1 is 0.923 bits per heavy atom. The number of rotatable bonds is 4. The standard InChI is InChI=1S/C22H21BrN2S/c1-15-8-13-20(16(2)14-15)21(17-6-4-3-5-7-17)25-22(26)24-19-11-9-18(23)10-12-19/h3-14,21H,1-2H3,(H2,24,25,26)/t21-/m1/s1. The zero-order chi connectivity index (χ0) is 18.5. The van der Waals surface area contributed by atoms with Crippen molar-refractivity contribution in [3.8, 4) is 0 Å². The Morgan fingerprint density at radius 2 is 1.62 bits per heavy atom. The molecule has 0 unspecified atom stereocenters. The molecule has 0 amide bonds. The predicted molar refractivity (Wildman–Crippen MR) is 118 cm³/mol. The van der Waals surface area contributed by atoms with Crippen LogP contribution in [0.2, 0.25) is 0 Å². The molecule has 0 radical (unpaired) electrons. The molecule has 2 nitrogen and oxygen atoms in total. The molecule has 3 rings (SSSR count). The van der Waals surface area contributed by atoms with E-state index in [1.54, 1.807) is 0 Å². The van der Waals surface area contributed by atoms with Gasteiger partial charge in [-0.1, -0.05) is 70.0 Å². The summed E-state index contributed by atoms with van der Waals surface area (Å²) in [6.45, 7) is 4.26. The third-order valence-corrected chi connectivity index (χ3v) is 5.00. The average molecular weight is 425 g/mol. The van der Waals surface area contributed by atoms with Crippen molar-refractivity contribution in [3.63, 3.8) is 0 Å². The summed E-state index contributed by atoms with van der Waals surface area (Å²) in [6, 6.07) is 24.9. The lowest BCUT2D eigenvalue weighted by atomic mass is 9.94. The number of thiocarbonyl (C=S) groups is 1. The molecule has 2 N–H and O–H groups in total. The molecule has 1 atom stereocenters. The van der Waals surface area contributed by atoms with Crippen molar-refractivity contribution in [2.45, 2.75) is 19.9 Å². The van der Waals surface area contributed by atoms with E-state index in [4.69, 9.17) is 12.2 Å². The average Bonchev–Trinajstić information content (AvgIpc) is 2.63. The highest BCUT2D eigenvalue weighted by atomic mass is 79.9. The number of halogens is 1. The van der Waals surface area contributed by atoms with Gasteiger partial charge in [0.15, 0.2) is 5.11 Å². The highest BCUT2D eigenvalue weighted by Crippen LogP contribution is 2.26. The summed E-state index contributed by atoms with van der Waals surface area (Å²) < 4.78 is 1.04. The summed E-state index contributed by atoms with van der Waals surface area (Å²) in [4.78, 5) is 0. The zero-order valence-corrected chi connectivity index (χ0v) is 17.2. The van der Waals surface area contributed by atoms with Crippen molar-refractivity contribution in [1.29, 1.82) is 0 Å². The van der Waals surface area contributed by atoms with Crippen molar-refractivity contribution in [2.24, 2.45) is 0 Å². The van der Waals surface area contributed by atoms with Crippen LogP contribution in [0.4, 0.5) is 5.69 Å². The van der Waals surface area contributed by atoms with Gasteiger partial charge in [0.1, 0.15) is 0 Å². The largest absolute Gasteiger partial charge is 0.352 e. The van der Waals surface area contributed by atoms with Crippen LogP contribution in [-0.4, -0.2) is 5.11 Å². The van der Waals surface area contributed by atoms with Crippen molar-refractivity contribution in [2.75, 3.05) is 5.32 Å². The monoisotopic (exact) mass is 424 g/mol. The number of aryl methyl sites for hydroxylation is 2. The Morgan fingerprint density at radius 3 is 2.27 bits per heavy atom. The summed E-state index contributed by atoms with van der Waals surface area (Å²) in [6.07, 6.45) is 0. The number of anilines is 1. The number of benzene rings is 3. The maximum Gasteiger partial charge on any atom is 0.171 e. The molecule has 3 aromatic rings. The molecule has 4 heteroatoms. The smallest absolute Gasteiger partial charge is 0.171 e. The van der Waals surface area contributed by atoms with Crippen molar-refractivity contribution < 1.29 is 0 Å². The predicted octanol–water partition coefficient (Wildman–Crippen LogP) is 6.14. The topological polar surface area (TPSA) is 24.1 Å². The molecule has 0 aliphatic carbocycles. The van der Waals surface area contributed by atoms with E-state index in [9.17, 15) is 0 Å². The minimum absolute atomic E-state index is 0.00718. The number of hydrogen-bond donors (Lipinski definition) is 2. The maximum atomic E-state index is 5.58. The molecule has 0 aliphatic rings. The van der Waals surface area contributed by atoms with Crippen LogP contribution in [0.1, 0.15) is 28.3 Å². The van der Waals surface area contributed by atoms with Gasteiger partial charge >= 0.3 is 0 Å². The molecule has 0 aliphatic heterocycles. The Balaban J connectivity index is 1.86. The first kappa shape index (κ1) is 18.6. The quantitative estimate of drug-likeness (QED) is 0.491. The van der Waals surface area contributed by atoms with Crippen molar-refractivity contribution >= 4 is 38.9 Å². The number of hydrogen-bond acceptors (Lipinski definition) is 1. The third-order valence-electron chi connectivity index (χ3n) is 4.25. The van der Waals surface area contributed by atoms with Gasteiger partial charge in [0.25, 0.3) is 0 Å². The van der Waals surface area contributed by atoms with E-state index < -0.39 is 0 Å². The highest BCUT2D eigenvalue weighted by Gasteiger charge is 2.17. The summed E-state index contributed by atoms with van der Waals surface area (Å²) in [5.41, 5.74) is 5.87. The maximum absolute atomic E-state index is 5.58. The van der Waals surface area contributed by atoms with E-state index in [1.165, 1.54) is 22.3 Å². The van der Waals surface area contributed by atoms with Crippen LogP contribution < -0.4 is 10.6 Å². The van der Waals surface area contributed by atoms with E-state index in [-0.39, 0.29) is 6.04 Å². The van der Waals surface area contributed by atoms with Crippen LogP contribution in [0.3, 0.4) is 0 Å². The Kier molecular flexibility index (Phi) is 6.07. The lowest BCUT2D eigenvalue weighted by Gasteiger charge is -2.24. The van der Waals surface area contributed by atoms with Crippen molar-refractivity contribution in [1.82, 2.24) is 5.32 Å². The van der Waals surface area contributed by atoms with E-state index in [1.807, 2.05) is 30.3 Å². The first-order valence-electron chi connectivity index (χ1n) is 8.48. The minimum Gasteiger partial charge on any atom is -0.352 e. The molecular weight excluding hydrogens is 404 g/mol.